The molecule has 0 amide bonds. The molecule has 3 aromatic rings. The van der Waals surface area contributed by atoms with Gasteiger partial charge in [0.15, 0.2) is 0 Å². The fourth-order valence-electron chi connectivity index (χ4n) is 1.98. The molecular weight excluding hydrogens is 371 g/mol. The van der Waals surface area contributed by atoms with Crippen LogP contribution in [0.3, 0.4) is 0 Å². The largest absolute Gasteiger partial charge is 0.471 e. The lowest BCUT2D eigenvalue weighted by atomic mass is 10.1. The average molecular weight is 383 g/mol. The van der Waals surface area contributed by atoms with Gasteiger partial charge in [0, 0.05) is 18.0 Å². The predicted octanol–water partition coefficient (Wildman–Crippen LogP) is 3.20. The molecular formula is C15H12F3N5O2S. The molecule has 1 aromatic carbocycles. The summed E-state index contributed by atoms with van der Waals surface area (Å²) in [5.74, 6) is -1.57. The second-order valence-electron chi connectivity index (χ2n) is 5.26. The molecule has 0 aliphatic heterocycles. The van der Waals surface area contributed by atoms with Crippen LogP contribution in [0.25, 0.3) is 11.4 Å². The quantitative estimate of drug-likeness (QED) is 0.642. The van der Waals surface area contributed by atoms with Gasteiger partial charge in [-0.2, -0.15) is 18.2 Å². The molecule has 2 heterocycles. The van der Waals surface area contributed by atoms with E-state index in [1.165, 1.54) is 37.0 Å². The molecule has 11 heteroatoms. The Balaban J connectivity index is 1.77. The van der Waals surface area contributed by atoms with Gasteiger partial charge in [-0.1, -0.05) is 29.4 Å². The smallest absolute Gasteiger partial charge is 0.329 e. The van der Waals surface area contributed by atoms with Gasteiger partial charge in [-0.15, -0.1) is 0 Å². The number of hydrogen-bond acceptors (Lipinski definition) is 7. The molecule has 0 bridgehead atoms. The Morgan fingerprint density at radius 2 is 1.92 bits per heavy atom. The first-order valence-corrected chi connectivity index (χ1v) is 9.12. The highest BCUT2D eigenvalue weighted by Gasteiger charge is 2.38. The lowest BCUT2D eigenvalue weighted by Crippen LogP contribution is -2.04. The molecule has 2 aromatic heterocycles. The van der Waals surface area contributed by atoms with Crippen LogP contribution in [0.5, 0.6) is 0 Å². The maximum Gasteiger partial charge on any atom is 0.471 e. The molecule has 0 spiro atoms. The van der Waals surface area contributed by atoms with Crippen molar-refractivity contribution in [1.82, 2.24) is 20.1 Å². The number of aromatic nitrogens is 4. The van der Waals surface area contributed by atoms with Crippen molar-refractivity contribution < 1.29 is 21.9 Å². The monoisotopic (exact) mass is 383 g/mol. The van der Waals surface area contributed by atoms with Crippen LogP contribution < -0.4 is 0 Å². The summed E-state index contributed by atoms with van der Waals surface area (Å²) in [5, 5.41) is 3.65. The molecule has 0 fully saturated rings. The van der Waals surface area contributed by atoms with Crippen LogP contribution in [0, 0.1) is 0 Å². The van der Waals surface area contributed by atoms with Crippen LogP contribution in [0.1, 0.15) is 11.5 Å². The van der Waals surface area contributed by atoms with E-state index in [2.05, 4.69) is 29.0 Å². The van der Waals surface area contributed by atoms with Crippen LogP contribution in [-0.4, -0.2) is 30.6 Å². The van der Waals surface area contributed by atoms with Crippen LogP contribution >= 0.6 is 0 Å². The predicted molar refractivity (Wildman–Crippen MR) is 85.2 cm³/mol. The van der Waals surface area contributed by atoms with Gasteiger partial charge in [0.05, 0.1) is 16.3 Å². The van der Waals surface area contributed by atoms with Gasteiger partial charge in [0.1, 0.15) is 11.4 Å². The van der Waals surface area contributed by atoms with Gasteiger partial charge in [-0.25, -0.2) is 18.5 Å². The zero-order chi connectivity index (χ0) is 18.8. The van der Waals surface area contributed by atoms with E-state index in [1.54, 1.807) is 12.1 Å². The number of rotatable bonds is 4. The van der Waals surface area contributed by atoms with Gasteiger partial charge in [0.2, 0.25) is 5.82 Å². The van der Waals surface area contributed by atoms with E-state index in [4.69, 9.17) is 0 Å². The number of hydrogen-bond donors (Lipinski definition) is 0. The Hall–Kier alpha value is -2.82. The maximum atomic E-state index is 12.6. The van der Waals surface area contributed by atoms with Gasteiger partial charge in [0.25, 0.3) is 0 Å². The highest BCUT2D eigenvalue weighted by molar-refractivity contribution is 7.92. The summed E-state index contributed by atoms with van der Waals surface area (Å²) in [4.78, 5) is 11.0. The number of alkyl halides is 3. The minimum absolute atomic E-state index is 0.152. The van der Waals surface area contributed by atoms with Gasteiger partial charge in [-0.05, 0) is 11.6 Å². The Bertz CT molecular complexity index is 1010. The van der Waals surface area contributed by atoms with E-state index in [-0.39, 0.29) is 12.4 Å². The zero-order valence-electron chi connectivity index (χ0n) is 13.3. The number of nitrogens with zero attached hydrogens (tertiary/aromatic N) is 5. The topological polar surface area (TPSA) is 94.1 Å². The summed E-state index contributed by atoms with van der Waals surface area (Å²) in [6.07, 6.45) is -0.438. The summed E-state index contributed by atoms with van der Waals surface area (Å²) >= 11 is 0. The minimum atomic E-state index is -4.69. The molecule has 136 valence electrons. The van der Waals surface area contributed by atoms with Crippen molar-refractivity contribution in [2.45, 2.75) is 17.7 Å². The third kappa shape index (κ3) is 4.04. The van der Waals surface area contributed by atoms with E-state index < -0.39 is 21.8 Å². The molecule has 0 radical (unpaired) electrons. The Kier molecular flexibility index (Phi) is 4.72. The summed E-state index contributed by atoms with van der Waals surface area (Å²) < 4.78 is 58.4. The van der Waals surface area contributed by atoms with Crippen molar-refractivity contribution in [2.24, 2.45) is 4.36 Å². The number of halogens is 3. The standard InChI is InChI=1S/C15H12F3N5O2S/c1-26(24,12-6-7-19-9-20-12)21-8-10-2-4-11(5-3-10)13-22-14(25-23-13)15(16,17)18/h2-7,9H,8H2,1H3. The molecule has 7 nitrogen and oxygen atoms in total. The normalized spacial score (nSPS) is 14.0. The number of benzene rings is 1. The van der Waals surface area contributed by atoms with E-state index >= 15 is 0 Å². The van der Waals surface area contributed by atoms with Crippen LogP contribution in [-0.2, 0) is 22.5 Å². The third-order valence-corrected chi connectivity index (χ3v) is 4.96. The molecule has 0 N–H and O–H groups in total. The minimum Gasteiger partial charge on any atom is -0.329 e. The fourth-order valence-corrected chi connectivity index (χ4v) is 3.07. The fraction of sp³-hybridized carbons (Fsp3) is 0.200. The van der Waals surface area contributed by atoms with Crippen molar-refractivity contribution >= 4 is 9.73 Å². The van der Waals surface area contributed by atoms with Crippen LogP contribution in [0.4, 0.5) is 13.2 Å². The Morgan fingerprint density at radius 1 is 1.19 bits per heavy atom. The van der Waals surface area contributed by atoms with Crippen molar-refractivity contribution in [3.05, 3.63) is 54.3 Å². The van der Waals surface area contributed by atoms with E-state index in [9.17, 15) is 17.4 Å². The molecule has 1 atom stereocenters. The van der Waals surface area contributed by atoms with Crippen molar-refractivity contribution in [3.63, 3.8) is 0 Å². The average Bonchev–Trinajstić information content (AvgIpc) is 3.12. The van der Waals surface area contributed by atoms with Crippen molar-refractivity contribution in [3.8, 4) is 11.4 Å². The molecule has 0 aliphatic carbocycles. The lowest BCUT2D eigenvalue weighted by molar-refractivity contribution is -0.159. The molecule has 0 saturated heterocycles. The molecule has 3 rings (SSSR count). The van der Waals surface area contributed by atoms with Gasteiger partial charge < -0.3 is 4.52 Å². The summed E-state index contributed by atoms with van der Waals surface area (Å²) in [6, 6.07) is 7.88. The molecule has 0 aliphatic rings. The molecule has 0 saturated carbocycles. The zero-order valence-corrected chi connectivity index (χ0v) is 14.2. The summed E-state index contributed by atoms with van der Waals surface area (Å²) in [5.41, 5.74) is 1.08. The first-order valence-electron chi connectivity index (χ1n) is 7.20. The molecule has 1 unspecified atom stereocenters. The highest BCUT2D eigenvalue weighted by Crippen LogP contribution is 2.29. The van der Waals surface area contributed by atoms with Crippen molar-refractivity contribution in [1.29, 1.82) is 0 Å². The first-order chi connectivity index (χ1) is 12.3. The molecule has 26 heavy (non-hydrogen) atoms. The van der Waals surface area contributed by atoms with Crippen LogP contribution in [0.15, 0.2) is 56.8 Å². The lowest BCUT2D eigenvalue weighted by Gasteiger charge is -2.03. The van der Waals surface area contributed by atoms with E-state index in [1.807, 2.05) is 0 Å². The third-order valence-electron chi connectivity index (χ3n) is 3.32. The van der Waals surface area contributed by atoms with E-state index in [0.29, 0.717) is 10.6 Å². The van der Waals surface area contributed by atoms with Gasteiger partial charge >= 0.3 is 12.1 Å². The highest BCUT2D eigenvalue weighted by atomic mass is 32.2. The van der Waals surface area contributed by atoms with Crippen molar-refractivity contribution in [2.75, 3.05) is 6.26 Å². The van der Waals surface area contributed by atoms with E-state index in [0.717, 1.165) is 5.56 Å². The first kappa shape index (κ1) is 18.0. The second-order valence-corrected chi connectivity index (χ2v) is 7.54. The Morgan fingerprint density at radius 3 is 2.50 bits per heavy atom. The summed E-state index contributed by atoms with van der Waals surface area (Å²) in [6.45, 7) is 0.152. The second kappa shape index (κ2) is 6.83. The SMILES string of the molecule is CS(=O)(=NCc1ccc(-c2noc(C(F)(F)F)n2)cc1)c1ccncn1. The summed E-state index contributed by atoms with van der Waals surface area (Å²) in [7, 11) is -2.67. The van der Waals surface area contributed by atoms with Crippen LogP contribution in [0.2, 0.25) is 0 Å². The maximum absolute atomic E-state index is 12.6. The Labute approximate surface area is 146 Å². The van der Waals surface area contributed by atoms with Gasteiger partial charge in [-0.3, -0.25) is 0 Å².